The molecule has 0 aromatic carbocycles. The lowest BCUT2D eigenvalue weighted by Gasteiger charge is -2.37. The molecule has 0 bridgehead atoms. The van der Waals surface area contributed by atoms with Gasteiger partial charge >= 0.3 is 11.8 Å². The number of thiol groups is 1. The highest BCUT2D eigenvalue weighted by Gasteiger charge is 2.34. The summed E-state index contributed by atoms with van der Waals surface area (Å²) in [5, 5.41) is 0. The maximum Gasteiger partial charge on any atom is 0.312 e. The second kappa shape index (κ2) is 6.45. The minimum atomic E-state index is -0.363. The molecule has 1 aliphatic heterocycles. The fourth-order valence-corrected chi connectivity index (χ4v) is 2.66. The van der Waals surface area contributed by atoms with E-state index in [1.807, 2.05) is 13.8 Å². The number of carbonyl (C=O) groups is 2. The Hall–Kier alpha value is -0.710. The molecule has 4 nitrogen and oxygen atoms in total. The van der Waals surface area contributed by atoms with Crippen LogP contribution in [0.5, 0.6) is 0 Å². The lowest BCUT2D eigenvalue weighted by molar-refractivity contribution is -0.157. The number of amides is 2. The van der Waals surface area contributed by atoms with E-state index in [-0.39, 0.29) is 17.9 Å². The zero-order valence-electron chi connectivity index (χ0n) is 11.7. The van der Waals surface area contributed by atoms with Crippen molar-refractivity contribution in [3.8, 4) is 0 Å². The molecule has 0 saturated carbocycles. The van der Waals surface area contributed by atoms with E-state index < -0.39 is 0 Å². The third kappa shape index (κ3) is 3.40. The van der Waals surface area contributed by atoms with Gasteiger partial charge in [-0.2, -0.15) is 12.6 Å². The highest BCUT2D eigenvalue weighted by molar-refractivity contribution is 7.80. The van der Waals surface area contributed by atoms with Crippen LogP contribution >= 0.6 is 12.6 Å². The van der Waals surface area contributed by atoms with Crippen molar-refractivity contribution in [1.82, 2.24) is 9.80 Å². The highest BCUT2D eigenvalue weighted by Crippen LogP contribution is 2.17. The zero-order valence-corrected chi connectivity index (χ0v) is 12.6. The maximum atomic E-state index is 12.0. The molecule has 1 fully saturated rings. The summed E-state index contributed by atoms with van der Waals surface area (Å²) in [5.74, 6) is 0.827. The van der Waals surface area contributed by atoms with Gasteiger partial charge in [0, 0.05) is 25.7 Å². The van der Waals surface area contributed by atoms with E-state index in [4.69, 9.17) is 0 Å². The molecule has 0 aromatic rings. The van der Waals surface area contributed by atoms with E-state index in [1.54, 1.807) is 9.80 Å². The molecule has 0 aliphatic carbocycles. The number of hydrogen-bond acceptors (Lipinski definition) is 3. The fourth-order valence-electron chi connectivity index (χ4n) is 2.12. The first kappa shape index (κ1) is 15.3. The summed E-state index contributed by atoms with van der Waals surface area (Å²) in [6, 6.07) is 0.0920. The third-order valence-electron chi connectivity index (χ3n) is 3.60. The highest BCUT2D eigenvalue weighted by atomic mass is 32.1. The molecule has 1 rings (SSSR count). The monoisotopic (exact) mass is 272 g/mol. The van der Waals surface area contributed by atoms with Crippen LogP contribution in [0.25, 0.3) is 0 Å². The molecular weight excluding hydrogens is 248 g/mol. The quantitative estimate of drug-likeness (QED) is 0.605. The molecule has 0 N–H and O–H groups in total. The van der Waals surface area contributed by atoms with E-state index in [9.17, 15) is 9.59 Å². The lowest BCUT2D eigenvalue weighted by Crippen LogP contribution is -2.57. The molecular formula is C13H24N2O2S. The number of nitrogens with zero attached hydrogens (tertiary/aromatic N) is 2. The number of rotatable bonds is 5. The van der Waals surface area contributed by atoms with E-state index in [2.05, 4.69) is 26.5 Å². The predicted octanol–water partition coefficient (Wildman–Crippen LogP) is 1.27. The van der Waals surface area contributed by atoms with Crippen LogP contribution in [0, 0.1) is 11.8 Å². The Labute approximate surface area is 115 Å². The van der Waals surface area contributed by atoms with Crippen LogP contribution in [0.15, 0.2) is 0 Å². The van der Waals surface area contributed by atoms with E-state index >= 15 is 0 Å². The minimum absolute atomic E-state index is 0.0920. The van der Waals surface area contributed by atoms with Crippen molar-refractivity contribution in [2.45, 2.75) is 33.7 Å². The second-order valence-electron chi connectivity index (χ2n) is 5.53. The van der Waals surface area contributed by atoms with Crippen molar-refractivity contribution >= 4 is 24.4 Å². The van der Waals surface area contributed by atoms with Gasteiger partial charge in [0.05, 0.1) is 0 Å². The van der Waals surface area contributed by atoms with Crippen molar-refractivity contribution in [3.63, 3.8) is 0 Å². The molecule has 1 aliphatic rings. The molecule has 1 saturated heterocycles. The van der Waals surface area contributed by atoms with Gasteiger partial charge in [0.15, 0.2) is 0 Å². The van der Waals surface area contributed by atoms with Crippen molar-refractivity contribution < 1.29 is 9.59 Å². The van der Waals surface area contributed by atoms with Gasteiger partial charge in [0.1, 0.15) is 0 Å². The zero-order chi connectivity index (χ0) is 13.9. The Bertz CT molecular complexity index is 318. The van der Waals surface area contributed by atoms with E-state index in [0.29, 0.717) is 31.5 Å². The van der Waals surface area contributed by atoms with Crippen molar-refractivity contribution in [1.29, 1.82) is 0 Å². The van der Waals surface area contributed by atoms with Crippen LogP contribution in [0.2, 0.25) is 0 Å². The van der Waals surface area contributed by atoms with Gasteiger partial charge in [0.2, 0.25) is 0 Å². The van der Waals surface area contributed by atoms with Gasteiger partial charge < -0.3 is 9.80 Å². The Morgan fingerprint density at radius 1 is 1.11 bits per heavy atom. The molecule has 104 valence electrons. The van der Waals surface area contributed by atoms with Gasteiger partial charge in [-0.25, -0.2) is 0 Å². The second-order valence-corrected chi connectivity index (χ2v) is 5.90. The summed E-state index contributed by atoms with van der Waals surface area (Å²) in [5.41, 5.74) is 0. The van der Waals surface area contributed by atoms with Crippen molar-refractivity contribution in [2.24, 2.45) is 11.8 Å². The molecule has 0 radical (unpaired) electrons. The van der Waals surface area contributed by atoms with Crippen LogP contribution in [0.4, 0.5) is 0 Å². The van der Waals surface area contributed by atoms with Gasteiger partial charge in [-0.15, -0.1) is 0 Å². The average Bonchev–Trinajstić information content (AvgIpc) is 2.30. The van der Waals surface area contributed by atoms with Gasteiger partial charge in [0.25, 0.3) is 0 Å². The van der Waals surface area contributed by atoms with Crippen molar-refractivity contribution in [2.75, 3.05) is 25.4 Å². The average molecular weight is 272 g/mol. The third-order valence-corrected chi connectivity index (χ3v) is 4.07. The summed E-state index contributed by atoms with van der Waals surface area (Å²) in [6.07, 6.45) is 0. The smallest absolute Gasteiger partial charge is 0.312 e. The van der Waals surface area contributed by atoms with Gasteiger partial charge in [-0.3, -0.25) is 9.59 Å². The minimum Gasteiger partial charge on any atom is -0.332 e. The first-order valence-electron chi connectivity index (χ1n) is 6.59. The van der Waals surface area contributed by atoms with Gasteiger partial charge in [-0.1, -0.05) is 13.8 Å². The predicted molar refractivity (Wildman–Crippen MR) is 75.6 cm³/mol. The summed E-state index contributed by atoms with van der Waals surface area (Å²) in [7, 11) is 0. The van der Waals surface area contributed by atoms with Crippen LogP contribution in [0.3, 0.4) is 0 Å². The Kier molecular flexibility index (Phi) is 5.50. The fraction of sp³-hybridized carbons (Fsp3) is 0.846. The lowest BCUT2D eigenvalue weighted by atomic mass is 9.97. The summed E-state index contributed by atoms with van der Waals surface area (Å²) < 4.78 is 0. The van der Waals surface area contributed by atoms with E-state index in [1.165, 1.54) is 0 Å². The molecule has 1 unspecified atom stereocenters. The van der Waals surface area contributed by atoms with Crippen molar-refractivity contribution in [3.05, 3.63) is 0 Å². The van der Waals surface area contributed by atoms with Crippen LogP contribution in [-0.2, 0) is 9.59 Å². The molecule has 1 atom stereocenters. The van der Waals surface area contributed by atoms with Crippen LogP contribution in [0.1, 0.15) is 27.7 Å². The standard InChI is InChI=1S/C13H24N2O2S/c1-9(2)11(8-18)7-14-5-6-15(10(3)4)13(17)12(14)16/h9-11,18H,5-8H2,1-4H3. The number of carbonyl (C=O) groups excluding carboxylic acids is 2. The molecule has 0 spiro atoms. The normalized spacial score (nSPS) is 19.1. The maximum absolute atomic E-state index is 12.0. The molecule has 1 heterocycles. The van der Waals surface area contributed by atoms with Crippen LogP contribution in [-0.4, -0.2) is 53.0 Å². The molecule has 18 heavy (non-hydrogen) atoms. The van der Waals surface area contributed by atoms with Crippen LogP contribution < -0.4 is 0 Å². The summed E-state index contributed by atoms with van der Waals surface area (Å²) >= 11 is 4.32. The SMILES string of the molecule is CC(C)C(CS)CN1CCN(C(C)C)C(=O)C1=O. The molecule has 2 amide bonds. The Morgan fingerprint density at radius 2 is 1.72 bits per heavy atom. The largest absolute Gasteiger partial charge is 0.332 e. The number of hydrogen-bond donors (Lipinski definition) is 1. The summed E-state index contributed by atoms with van der Waals surface area (Å²) in [4.78, 5) is 27.3. The Balaban J connectivity index is 2.66. The summed E-state index contributed by atoms with van der Waals surface area (Å²) in [6.45, 7) is 10.0. The topological polar surface area (TPSA) is 40.6 Å². The molecule has 5 heteroatoms. The molecule has 0 aromatic heterocycles. The first-order chi connectivity index (χ1) is 8.38. The van der Waals surface area contributed by atoms with Gasteiger partial charge in [-0.05, 0) is 31.4 Å². The Morgan fingerprint density at radius 3 is 2.17 bits per heavy atom. The first-order valence-corrected chi connectivity index (χ1v) is 7.22. The number of piperazine rings is 1. The van der Waals surface area contributed by atoms with E-state index in [0.717, 1.165) is 5.75 Å².